The molecule has 0 aliphatic heterocycles. The Bertz CT molecular complexity index is 488. The zero-order chi connectivity index (χ0) is 15.8. The number of carbonyl (C=O) groups is 2. The number of rotatable bonds is 7. The molecule has 0 atom stereocenters. The van der Waals surface area contributed by atoms with Crippen molar-refractivity contribution in [3.8, 4) is 0 Å². The van der Waals surface area contributed by atoms with Crippen LogP contribution in [-0.4, -0.2) is 36.5 Å². The molecule has 1 rings (SSSR count). The lowest BCUT2D eigenvalue weighted by Crippen LogP contribution is -2.36. The molecular weight excluding hydrogens is 290 g/mol. The molecule has 0 saturated heterocycles. The molecular formula is C16H22ClNO3. The number of halogens is 1. The highest BCUT2D eigenvalue weighted by atomic mass is 35.5. The highest BCUT2D eigenvalue weighted by Gasteiger charge is 2.18. The molecule has 4 nitrogen and oxygen atoms in total. The normalized spacial score (nSPS) is 10.5. The predicted molar refractivity (Wildman–Crippen MR) is 83.4 cm³/mol. The van der Waals surface area contributed by atoms with E-state index >= 15 is 0 Å². The first-order valence-electron chi connectivity index (χ1n) is 7.14. The van der Waals surface area contributed by atoms with E-state index in [1.54, 1.807) is 36.1 Å². The Morgan fingerprint density at radius 1 is 1.33 bits per heavy atom. The minimum Gasteiger partial charge on any atom is -0.466 e. The maximum absolute atomic E-state index is 12.5. The Labute approximate surface area is 131 Å². The van der Waals surface area contributed by atoms with E-state index in [-0.39, 0.29) is 18.3 Å². The van der Waals surface area contributed by atoms with Gasteiger partial charge in [-0.15, -0.1) is 0 Å². The summed E-state index contributed by atoms with van der Waals surface area (Å²) in [6, 6.07) is 6.84. The number of esters is 1. The standard InChI is InChI=1S/C16H22ClNO3/c1-4-21-15(19)8-9-18(11-12(2)3)16(20)13-6-5-7-14(17)10-13/h5-7,10,12H,4,8-9,11H2,1-3H3. The third-order valence-electron chi connectivity index (χ3n) is 2.84. The van der Waals surface area contributed by atoms with Crippen molar-refractivity contribution in [2.75, 3.05) is 19.7 Å². The van der Waals surface area contributed by atoms with Gasteiger partial charge in [0.05, 0.1) is 13.0 Å². The Morgan fingerprint density at radius 3 is 2.62 bits per heavy atom. The lowest BCUT2D eigenvalue weighted by Gasteiger charge is -2.24. The molecule has 5 heteroatoms. The predicted octanol–water partition coefficient (Wildman–Crippen LogP) is 3.39. The van der Waals surface area contributed by atoms with E-state index in [9.17, 15) is 9.59 Å². The molecule has 0 aliphatic carbocycles. The molecule has 0 aliphatic rings. The molecule has 0 fully saturated rings. The second-order valence-electron chi connectivity index (χ2n) is 5.21. The Kier molecular flexibility index (Phi) is 7.23. The summed E-state index contributed by atoms with van der Waals surface area (Å²) in [5.74, 6) is -0.0871. The maximum atomic E-state index is 12.5. The lowest BCUT2D eigenvalue weighted by atomic mass is 10.1. The highest BCUT2D eigenvalue weighted by molar-refractivity contribution is 6.30. The van der Waals surface area contributed by atoms with Gasteiger partial charge in [-0.1, -0.05) is 31.5 Å². The number of hydrogen-bond donors (Lipinski definition) is 0. The minimum atomic E-state index is -0.287. The van der Waals surface area contributed by atoms with E-state index in [2.05, 4.69) is 0 Å². The summed E-state index contributed by atoms with van der Waals surface area (Å²) in [5.41, 5.74) is 0.534. The summed E-state index contributed by atoms with van der Waals surface area (Å²) >= 11 is 5.92. The van der Waals surface area contributed by atoms with E-state index in [0.29, 0.717) is 36.2 Å². The third kappa shape index (κ3) is 6.17. The summed E-state index contributed by atoms with van der Waals surface area (Å²) in [4.78, 5) is 25.7. The van der Waals surface area contributed by atoms with Gasteiger partial charge >= 0.3 is 5.97 Å². The molecule has 21 heavy (non-hydrogen) atoms. The van der Waals surface area contributed by atoms with Crippen LogP contribution in [0.25, 0.3) is 0 Å². The van der Waals surface area contributed by atoms with E-state index in [0.717, 1.165) is 0 Å². The topological polar surface area (TPSA) is 46.6 Å². The first-order valence-corrected chi connectivity index (χ1v) is 7.52. The number of hydrogen-bond acceptors (Lipinski definition) is 3. The van der Waals surface area contributed by atoms with Gasteiger partial charge in [0.2, 0.25) is 0 Å². The third-order valence-corrected chi connectivity index (χ3v) is 3.07. The maximum Gasteiger partial charge on any atom is 0.307 e. The average molecular weight is 312 g/mol. The van der Waals surface area contributed by atoms with Gasteiger partial charge in [0.25, 0.3) is 5.91 Å². The molecule has 0 spiro atoms. The Hall–Kier alpha value is -1.55. The molecule has 1 amide bonds. The van der Waals surface area contributed by atoms with Crippen molar-refractivity contribution in [2.24, 2.45) is 5.92 Å². The molecule has 1 aromatic carbocycles. The summed E-state index contributed by atoms with van der Waals surface area (Å²) in [6.45, 7) is 7.12. The second-order valence-corrected chi connectivity index (χ2v) is 5.65. The van der Waals surface area contributed by atoms with Crippen molar-refractivity contribution in [1.82, 2.24) is 4.90 Å². The fourth-order valence-corrected chi connectivity index (χ4v) is 2.17. The van der Waals surface area contributed by atoms with Crippen molar-refractivity contribution < 1.29 is 14.3 Å². The van der Waals surface area contributed by atoms with Crippen molar-refractivity contribution in [3.05, 3.63) is 34.9 Å². The molecule has 0 saturated carbocycles. The highest BCUT2D eigenvalue weighted by Crippen LogP contribution is 2.14. The van der Waals surface area contributed by atoms with Gasteiger partial charge in [-0.3, -0.25) is 9.59 Å². The van der Waals surface area contributed by atoms with Crippen LogP contribution >= 0.6 is 11.6 Å². The van der Waals surface area contributed by atoms with Gasteiger partial charge in [0, 0.05) is 23.7 Å². The quantitative estimate of drug-likeness (QED) is 0.725. The number of carbonyl (C=O) groups excluding carboxylic acids is 2. The van der Waals surface area contributed by atoms with Gasteiger partial charge in [-0.2, -0.15) is 0 Å². The Balaban J connectivity index is 2.76. The van der Waals surface area contributed by atoms with Crippen LogP contribution in [0, 0.1) is 5.92 Å². The van der Waals surface area contributed by atoms with Crippen LogP contribution in [0.5, 0.6) is 0 Å². The van der Waals surface area contributed by atoms with Crippen LogP contribution in [0.3, 0.4) is 0 Å². The van der Waals surface area contributed by atoms with Crippen LogP contribution in [0.2, 0.25) is 5.02 Å². The van der Waals surface area contributed by atoms with Gasteiger partial charge in [0.15, 0.2) is 0 Å². The molecule has 0 radical (unpaired) electrons. The van der Waals surface area contributed by atoms with E-state index in [1.807, 2.05) is 13.8 Å². The van der Waals surface area contributed by atoms with E-state index in [4.69, 9.17) is 16.3 Å². The zero-order valence-electron chi connectivity index (χ0n) is 12.8. The second kappa shape index (κ2) is 8.67. The fraction of sp³-hybridized carbons (Fsp3) is 0.500. The first kappa shape index (κ1) is 17.5. The van der Waals surface area contributed by atoms with E-state index < -0.39 is 0 Å². The Morgan fingerprint density at radius 2 is 2.05 bits per heavy atom. The summed E-state index contributed by atoms with van der Waals surface area (Å²) in [6.07, 6.45) is 0.201. The van der Waals surface area contributed by atoms with Crippen LogP contribution in [0.4, 0.5) is 0 Å². The number of ether oxygens (including phenoxy) is 1. The van der Waals surface area contributed by atoms with Crippen molar-refractivity contribution in [3.63, 3.8) is 0 Å². The largest absolute Gasteiger partial charge is 0.466 e. The smallest absolute Gasteiger partial charge is 0.307 e. The van der Waals surface area contributed by atoms with Gasteiger partial charge in [0.1, 0.15) is 0 Å². The fourth-order valence-electron chi connectivity index (χ4n) is 1.98. The van der Waals surface area contributed by atoms with Crippen molar-refractivity contribution in [1.29, 1.82) is 0 Å². The lowest BCUT2D eigenvalue weighted by molar-refractivity contribution is -0.143. The van der Waals surface area contributed by atoms with Gasteiger partial charge in [-0.05, 0) is 31.0 Å². The molecule has 0 unspecified atom stereocenters. The van der Waals surface area contributed by atoms with Crippen molar-refractivity contribution in [2.45, 2.75) is 27.2 Å². The average Bonchev–Trinajstić information content (AvgIpc) is 2.42. The molecule has 0 heterocycles. The molecule has 116 valence electrons. The van der Waals surface area contributed by atoms with Crippen LogP contribution in [-0.2, 0) is 9.53 Å². The number of nitrogens with zero attached hydrogens (tertiary/aromatic N) is 1. The molecule has 0 aromatic heterocycles. The SMILES string of the molecule is CCOC(=O)CCN(CC(C)C)C(=O)c1cccc(Cl)c1. The first-order chi connectivity index (χ1) is 9.93. The van der Waals surface area contributed by atoms with Crippen LogP contribution in [0.1, 0.15) is 37.6 Å². The summed E-state index contributed by atoms with van der Waals surface area (Å²) in [5, 5.41) is 0.524. The summed E-state index contributed by atoms with van der Waals surface area (Å²) < 4.78 is 4.90. The van der Waals surface area contributed by atoms with Gasteiger partial charge in [-0.25, -0.2) is 0 Å². The molecule has 0 N–H and O–H groups in total. The van der Waals surface area contributed by atoms with Gasteiger partial charge < -0.3 is 9.64 Å². The number of amides is 1. The molecule has 1 aromatic rings. The van der Waals surface area contributed by atoms with Crippen molar-refractivity contribution >= 4 is 23.5 Å². The number of benzene rings is 1. The minimum absolute atomic E-state index is 0.115. The monoisotopic (exact) mass is 311 g/mol. The zero-order valence-corrected chi connectivity index (χ0v) is 13.5. The van der Waals surface area contributed by atoms with Crippen LogP contribution in [0.15, 0.2) is 24.3 Å². The molecule has 0 bridgehead atoms. The summed E-state index contributed by atoms with van der Waals surface area (Å²) in [7, 11) is 0. The van der Waals surface area contributed by atoms with Crippen LogP contribution < -0.4 is 0 Å². The van der Waals surface area contributed by atoms with E-state index in [1.165, 1.54) is 0 Å².